The van der Waals surface area contributed by atoms with E-state index in [9.17, 15) is 4.79 Å². The third-order valence-electron chi connectivity index (χ3n) is 0.838. The lowest BCUT2D eigenvalue weighted by molar-refractivity contribution is -0.135. The van der Waals surface area contributed by atoms with Gasteiger partial charge in [-0.15, -0.1) is 23.5 Å². The lowest BCUT2D eigenvalue weighted by Crippen LogP contribution is -2.12. The monoisotopic (exact) mass is 240 g/mol. The van der Waals surface area contributed by atoms with Gasteiger partial charge in [0.1, 0.15) is 4.58 Å². The average Bonchev–Trinajstić information content (AvgIpc) is 2.02. The van der Waals surface area contributed by atoms with Gasteiger partial charge in [-0.3, -0.25) is 9.59 Å². The number of aliphatic carboxylic acids is 2. The van der Waals surface area contributed by atoms with Gasteiger partial charge in [0.25, 0.3) is 5.97 Å². The van der Waals surface area contributed by atoms with Crippen LogP contribution in [-0.4, -0.2) is 38.2 Å². The Hall–Kier alpha value is -0.360. The number of hydrogen-bond acceptors (Lipinski definition) is 4. The normalized spacial score (nSPS) is 9.14. The van der Waals surface area contributed by atoms with Crippen molar-refractivity contribution in [2.75, 3.05) is 11.5 Å². The molecule has 0 aliphatic rings. The molecule has 6 heteroatoms. The Balaban J connectivity index is 0. The van der Waals surface area contributed by atoms with E-state index >= 15 is 0 Å². The van der Waals surface area contributed by atoms with Crippen LogP contribution >= 0.6 is 23.5 Å². The molecule has 0 atom stereocenters. The highest BCUT2D eigenvalue weighted by Crippen LogP contribution is 2.22. The van der Waals surface area contributed by atoms with Crippen molar-refractivity contribution in [3.8, 4) is 0 Å². The molecule has 0 aromatic heterocycles. The predicted molar refractivity (Wildman–Crippen MR) is 61.0 cm³/mol. The Bertz CT molecular complexity index is 163. The predicted octanol–water partition coefficient (Wildman–Crippen LogP) is 1.99. The van der Waals surface area contributed by atoms with Crippen LogP contribution in [0.5, 0.6) is 0 Å². The first-order valence-corrected chi connectivity index (χ1v) is 6.20. The summed E-state index contributed by atoms with van der Waals surface area (Å²) in [5.41, 5.74) is 0. The Kier molecular flexibility index (Phi) is 12.3. The van der Waals surface area contributed by atoms with Crippen molar-refractivity contribution >= 4 is 35.5 Å². The molecule has 0 radical (unpaired) electrons. The smallest absolute Gasteiger partial charge is 0.326 e. The zero-order valence-corrected chi connectivity index (χ0v) is 10.2. The molecule has 0 heterocycles. The molecule has 0 saturated carbocycles. The molecule has 0 bridgehead atoms. The van der Waals surface area contributed by atoms with Crippen molar-refractivity contribution in [2.45, 2.75) is 25.4 Å². The highest BCUT2D eigenvalue weighted by molar-refractivity contribution is 8.18. The molecule has 2 N–H and O–H groups in total. The Morgan fingerprint density at radius 3 is 1.57 bits per heavy atom. The minimum atomic E-state index is -0.833. The van der Waals surface area contributed by atoms with E-state index in [4.69, 9.17) is 15.0 Å². The maximum Gasteiger partial charge on any atom is 0.326 e. The van der Waals surface area contributed by atoms with E-state index in [-0.39, 0.29) is 4.58 Å². The molecule has 0 unspecified atom stereocenters. The van der Waals surface area contributed by atoms with Crippen LogP contribution in [0.1, 0.15) is 20.8 Å². The van der Waals surface area contributed by atoms with Crippen LogP contribution in [0.2, 0.25) is 0 Å². The summed E-state index contributed by atoms with van der Waals surface area (Å²) in [6.45, 7) is 5.02. The highest BCUT2D eigenvalue weighted by atomic mass is 32.2. The summed E-state index contributed by atoms with van der Waals surface area (Å²) in [5, 5.41) is 16.0. The van der Waals surface area contributed by atoms with Crippen molar-refractivity contribution in [3.05, 3.63) is 0 Å². The van der Waals surface area contributed by atoms with Gasteiger partial charge in [0.05, 0.1) is 0 Å². The van der Waals surface area contributed by atoms with Crippen LogP contribution in [0.15, 0.2) is 0 Å². The molecule has 84 valence electrons. The Morgan fingerprint density at radius 2 is 1.43 bits per heavy atom. The minimum absolute atomic E-state index is 0.269. The van der Waals surface area contributed by atoms with Crippen molar-refractivity contribution in [3.63, 3.8) is 0 Å². The molecule has 14 heavy (non-hydrogen) atoms. The maximum absolute atomic E-state index is 10.4. The van der Waals surface area contributed by atoms with Crippen LogP contribution < -0.4 is 0 Å². The van der Waals surface area contributed by atoms with Gasteiger partial charge >= 0.3 is 5.97 Å². The van der Waals surface area contributed by atoms with Gasteiger partial charge in [-0.1, -0.05) is 13.8 Å². The summed E-state index contributed by atoms with van der Waals surface area (Å²) in [6, 6.07) is 0. The van der Waals surface area contributed by atoms with Crippen molar-refractivity contribution in [1.82, 2.24) is 0 Å². The summed E-state index contributed by atoms with van der Waals surface area (Å²) < 4.78 is -0.269. The molecule has 0 saturated heterocycles. The quantitative estimate of drug-likeness (QED) is 0.716. The first kappa shape index (κ1) is 16.1. The molecule has 0 rings (SSSR count). The average molecular weight is 240 g/mol. The summed E-state index contributed by atoms with van der Waals surface area (Å²) in [7, 11) is 0. The number of carboxylic acids is 2. The van der Waals surface area contributed by atoms with Gasteiger partial charge in [0, 0.05) is 6.92 Å². The van der Waals surface area contributed by atoms with E-state index in [0.29, 0.717) is 0 Å². The second-order valence-electron chi connectivity index (χ2n) is 2.10. The summed E-state index contributed by atoms with van der Waals surface area (Å²) >= 11 is 2.94. The summed E-state index contributed by atoms with van der Waals surface area (Å²) in [4.78, 5) is 19.4. The number of hydrogen-bond donors (Lipinski definition) is 2. The molecule has 0 spiro atoms. The molecule has 0 aromatic carbocycles. The lowest BCUT2D eigenvalue weighted by atomic mass is 10.8. The van der Waals surface area contributed by atoms with E-state index in [1.165, 1.54) is 23.5 Å². The second kappa shape index (κ2) is 10.7. The fourth-order valence-electron chi connectivity index (χ4n) is 0.493. The van der Waals surface area contributed by atoms with Crippen LogP contribution in [0.3, 0.4) is 0 Å². The van der Waals surface area contributed by atoms with Crippen LogP contribution in [0, 0.1) is 0 Å². The Morgan fingerprint density at radius 1 is 1.14 bits per heavy atom. The highest BCUT2D eigenvalue weighted by Gasteiger charge is 2.15. The van der Waals surface area contributed by atoms with Gasteiger partial charge in [-0.25, -0.2) is 0 Å². The molecule has 0 aliphatic carbocycles. The first-order valence-electron chi connectivity index (χ1n) is 4.11. The topological polar surface area (TPSA) is 74.6 Å². The SMILES string of the molecule is CC(=O)O.CCSC(SCC)C(=O)O. The molecule has 4 nitrogen and oxygen atoms in total. The second-order valence-corrected chi connectivity index (χ2v) is 5.16. The van der Waals surface area contributed by atoms with E-state index < -0.39 is 11.9 Å². The summed E-state index contributed by atoms with van der Waals surface area (Å²) in [5.74, 6) is 0.187. The fourth-order valence-corrected chi connectivity index (χ4v) is 2.59. The third kappa shape index (κ3) is 14.2. The maximum atomic E-state index is 10.4. The van der Waals surface area contributed by atoms with Gasteiger partial charge in [0.2, 0.25) is 0 Å². The van der Waals surface area contributed by atoms with Crippen LogP contribution in [0.4, 0.5) is 0 Å². The van der Waals surface area contributed by atoms with Gasteiger partial charge in [-0.05, 0) is 11.5 Å². The fraction of sp³-hybridized carbons (Fsp3) is 0.750. The lowest BCUT2D eigenvalue weighted by Gasteiger charge is -2.07. The molecular formula is C8H16O4S2. The van der Waals surface area contributed by atoms with Gasteiger partial charge < -0.3 is 10.2 Å². The van der Waals surface area contributed by atoms with Crippen molar-refractivity contribution in [1.29, 1.82) is 0 Å². The third-order valence-corrected chi connectivity index (χ3v) is 3.33. The van der Waals surface area contributed by atoms with Crippen LogP contribution in [-0.2, 0) is 9.59 Å². The standard InChI is InChI=1S/C6H12O2S2.C2H4O2/c1-3-9-6(5(7)8)10-4-2;1-2(3)4/h6H,3-4H2,1-2H3,(H,7,8);1H3,(H,3,4). The largest absolute Gasteiger partial charge is 0.481 e. The van der Waals surface area contributed by atoms with Gasteiger partial charge in [-0.2, -0.15) is 0 Å². The van der Waals surface area contributed by atoms with E-state index in [1.54, 1.807) is 0 Å². The van der Waals surface area contributed by atoms with Crippen molar-refractivity contribution in [2.24, 2.45) is 0 Å². The zero-order chi connectivity index (χ0) is 11.6. The molecule has 0 fully saturated rings. The van der Waals surface area contributed by atoms with Crippen LogP contribution in [0.25, 0.3) is 0 Å². The molecule has 0 aliphatic heterocycles. The Labute approximate surface area is 92.5 Å². The van der Waals surface area contributed by atoms with E-state index in [0.717, 1.165) is 18.4 Å². The van der Waals surface area contributed by atoms with E-state index in [2.05, 4.69) is 0 Å². The van der Waals surface area contributed by atoms with Gasteiger partial charge in [0.15, 0.2) is 0 Å². The first-order chi connectivity index (χ1) is 6.45. The summed E-state index contributed by atoms with van der Waals surface area (Å²) in [6.07, 6.45) is 0. The molecule has 0 amide bonds. The molecule has 0 aromatic rings. The van der Waals surface area contributed by atoms with Crippen molar-refractivity contribution < 1.29 is 19.8 Å². The number of thioether (sulfide) groups is 2. The number of rotatable bonds is 5. The van der Waals surface area contributed by atoms with E-state index in [1.807, 2.05) is 13.8 Å². The number of carbonyl (C=O) groups is 2. The zero-order valence-electron chi connectivity index (χ0n) is 8.52. The molecular weight excluding hydrogens is 224 g/mol. The number of carboxylic acid groups (broad SMARTS) is 2. The minimum Gasteiger partial charge on any atom is -0.481 e.